The number of benzene rings is 1. The molecular weight excluding hydrogens is 264 g/mol. The summed E-state index contributed by atoms with van der Waals surface area (Å²) in [6, 6.07) is 5.11. The van der Waals surface area contributed by atoms with Gasteiger partial charge in [0.1, 0.15) is 11.5 Å². The smallest absolute Gasteiger partial charge is 0.248 e. The van der Waals surface area contributed by atoms with Crippen molar-refractivity contribution in [3.8, 4) is 11.5 Å². The van der Waals surface area contributed by atoms with Gasteiger partial charge in [0.2, 0.25) is 5.92 Å². The topological polar surface area (TPSA) is 44.5 Å². The van der Waals surface area contributed by atoms with E-state index in [-0.39, 0.29) is 24.8 Å². The fourth-order valence-corrected chi connectivity index (χ4v) is 2.78. The molecule has 112 valence electrons. The van der Waals surface area contributed by atoms with Crippen LogP contribution in [0.5, 0.6) is 11.5 Å². The lowest BCUT2D eigenvalue weighted by Crippen LogP contribution is -2.31. The zero-order valence-electron chi connectivity index (χ0n) is 11.9. The molecule has 1 unspecified atom stereocenters. The van der Waals surface area contributed by atoms with Crippen molar-refractivity contribution in [2.45, 2.75) is 37.6 Å². The third-order valence-corrected chi connectivity index (χ3v) is 4.07. The number of nitrogens with two attached hydrogens (primary N) is 1. The standard InChI is InChI=1S/C15H21F2NO2/c1-19-11-3-4-13(20-2)12(9-11)14(18)10-5-7-15(16,17)8-6-10/h3-4,9-10,14H,5-8,18H2,1-2H3. The van der Waals surface area contributed by atoms with Crippen LogP contribution in [-0.2, 0) is 0 Å². The Kier molecular flexibility index (Phi) is 4.48. The first-order valence-corrected chi connectivity index (χ1v) is 6.82. The molecule has 0 amide bonds. The van der Waals surface area contributed by atoms with Gasteiger partial charge in [-0.3, -0.25) is 0 Å². The summed E-state index contributed by atoms with van der Waals surface area (Å²) in [6.07, 6.45) is 0.707. The van der Waals surface area contributed by atoms with Crippen molar-refractivity contribution < 1.29 is 18.3 Å². The van der Waals surface area contributed by atoms with Crippen LogP contribution >= 0.6 is 0 Å². The predicted octanol–water partition coefficient (Wildman–Crippen LogP) is 3.53. The van der Waals surface area contributed by atoms with Gasteiger partial charge in [-0.1, -0.05) is 0 Å². The van der Waals surface area contributed by atoms with E-state index in [2.05, 4.69) is 0 Å². The minimum Gasteiger partial charge on any atom is -0.497 e. The lowest BCUT2D eigenvalue weighted by atomic mass is 9.80. The number of ether oxygens (including phenoxy) is 2. The van der Waals surface area contributed by atoms with E-state index in [1.165, 1.54) is 0 Å². The Bertz CT molecular complexity index is 455. The maximum Gasteiger partial charge on any atom is 0.248 e. The van der Waals surface area contributed by atoms with E-state index in [9.17, 15) is 8.78 Å². The average Bonchev–Trinajstić information content (AvgIpc) is 2.45. The molecule has 0 heterocycles. The first-order valence-electron chi connectivity index (χ1n) is 6.82. The van der Waals surface area contributed by atoms with Gasteiger partial charge < -0.3 is 15.2 Å². The Morgan fingerprint density at radius 1 is 1.20 bits per heavy atom. The third-order valence-electron chi connectivity index (χ3n) is 4.07. The molecule has 1 aliphatic carbocycles. The van der Waals surface area contributed by atoms with Crippen molar-refractivity contribution in [1.82, 2.24) is 0 Å². The summed E-state index contributed by atoms with van der Waals surface area (Å²) in [5.41, 5.74) is 7.10. The molecule has 2 N–H and O–H groups in total. The molecule has 5 heteroatoms. The van der Waals surface area contributed by atoms with Gasteiger partial charge in [0, 0.05) is 24.4 Å². The monoisotopic (exact) mass is 285 g/mol. The average molecular weight is 285 g/mol. The summed E-state index contributed by atoms with van der Waals surface area (Å²) in [6.45, 7) is 0. The van der Waals surface area contributed by atoms with Gasteiger partial charge in [-0.25, -0.2) is 8.78 Å². The Balaban J connectivity index is 2.18. The molecule has 0 aromatic heterocycles. The predicted molar refractivity (Wildman–Crippen MR) is 73.4 cm³/mol. The minimum atomic E-state index is -2.53. The second-order valence-electron chi connectivity index (χ2n) is 5.33. The van der Waals surface area contributed by atoms with Crippen molar-refractivity contribution in [2.75, 3.05) is 14.2 Å². The van der Waals surface area contributed by atoms with E-state index in [4.69, 9.17) is 15.2 Å². The lowest BCUT2D eigenvalue weighted by Gasteiger charge is -2.32. The first-order chi connectivity index (χ1) is 9.46. The van der Waals surface area contributed by atoms with Crippen LogP contribution in [0, 0.1) is 5.92 Å². The molecule has 1 aromatic carbocycles. The van der Waals surface area contributed by atoms with Crippen molar-refractivity contribution in [1.29, 1.82) is 0 Å². The Morgan fingerprint density at radius 2 is 1.85 bits per heavy atom. The number of hydrogen-bond donors (Lipinski definition) is 1. The maximum atomic E-state index is 13.2. The van der Waals surface area contributed by atoms with Crippen LogP contribution < -0.4 is 15.2 Å². The summed E-state index contributed by atoms with van der Waals surface area (Å²) < 4.78 is 37.0. The number of halogens is 2. The van der Waals surface area contributed by atoms with Gasteiger partial charge in [0.15, 0.2) is 0 Å². The summed E-state index contributed by atoms with van der Waals surface area (Å²) in [7, 11) is 3.16. The van der Waals surface area contributed by atoms with Crippen LogP contribution in [0.4, 0.5) is 8.78 Å². The van der Waals surface area contributed by atoms with Gasteiger partial charge in [0.25, 0.3) is 0 Å². The summed E-state index contributed by atoms with van der Waals surface area (Å²) in [5.74, 6) is -1.11. The van der Waals surface area contributed by atoms with Crippen molar-refractivity contribution in [3.05, 3.63) is 23.8 Å². The van der Waals surface area contributed by atoms with Gasteiger partial charge >= 0.3 is 0 Å². The highest BCUT2D eigenvalue weighted by Gasteiger charge is 2.37. The van der Waals surface area contributed by atoms with E-state index in [0.717, 1.165) is 5.56 Å². The SMILES string of the molecule is COc1ccc(OC)c(C(N)C2CCC(F)(F)CC2)c1. The third kappa shape index (κ3) is 3.20. The van der Waals surface area contributed by atoms with Crippen molar-refractivity contribution >= 4 is 0 Å². The quantitative estimate of drug-likeness (QED) is 0.920. The Hall–Kier alpha value is -1.36. The molecule has 1 fully saturated rings. The van der Waals surface area contributed by atoms with E-state index in [1.54, 1.807) is 26.4 Å². The molecule has 2 rings (SSSR count). The molecular formula is C15H21F2NO2. The van der Waals surface area contributed by atoms with Crippen molar-refractivity contribution in [2.24, 2.45) is 11.7 Å². The lowest BCUT2D eigenvalue weighted by molar-refractivity contribution is -0.0484. The highest BCUT2D eigenvalue weighted by Crippen LogP contribution is 2.42. The summed E-state index contributed by atoms with van der Waals surface area (Å²) in [5, 5.41) is 0. The molecule has 0 bridgehead atoms. The van der Waals surface area contributed by atoms with E-state index < -0.39 is 5.92 Å². The fourth-order valence-electron chi connectivity index (χ4n) is 2.78. The maximum absolute atomic E-state index is 13.2. The van der Waals surface area contributed by atoms with E-state index >= 15 is 0 Å². The molecule has 1 aromatic rings. The highest BCUT2D eigenvalue weighted by molar-refractivity contribution is 5.42. The number of rotatable bonds is 4. The Morgan fingerprint density at radius 3 is 2.40 bits per heavy atom. The normalized spacial score (nSPS) is 20.4. The molecule has 0 radical (unpaired) electrons. The highest BCUT2D eigenvalue weighted by atomic mass is 19.3. The largest absolute Gasteiger partial charge is 0.497 e. The van der Waals surface area contributed by atoms with Gasteiger partial charge in [-0.2, -0.15) is 0 Å². The fraction of sp³-hybridized carbons (Fsp3) is 0.600. The molecule has 20 heavy (non-hydrogen) atoms. The molecule has 1 saturated carbocycles. The van der Waals surface area contributed by atoms with Gasteiger partial charge in [-0.05, 0) is 37.0 Å². The molecule has 3 nitrogen and oxygen atoms in total. The zero-order valence-corrected chi connectivity index (χ0v) is 11.9. The molecule has 0 aliphatic heterocycles. The van der Waals surface area contributed by atoms with Crippen molar-refractivity contribution in [3.63, 3.8) is 0 Å². The number of alkyl halides is 2. The van der Waals surface area contributed by atoms with Gasteiger partial charge in [0.05, 0.1) is 14.2 Å². The van der Waals surface area contributed by atoms with E-state index in [0.29, 0.717) is 24.3 Å². The number of hydrogen-bond acceptors (Lipinski definition) is 3. The molecule has 1 aliphatic rings. The van der Waals surface area contributed by atoms with Crippen LogP contribution in [-0.4, -0.2) is 20.1 Å². The molecule has 0 spiro atoms. The van der Waals surface area contributed by atoms with Crippen LogP contribution in [0.3, 0.4) is 0 Å². The second-order valence-corrected chi connectivity index (χ2v) is 5.33. The van der Waals surface area contributed by atoms with Crippen LogP contribution in [0.1, 0.15) is 37.3 Å². The number of methoxy groups -OCH3 is 2. The van der Waals surface area contributed by atoms with Gasteiger partial charge in [-0.15, -0.1) is 0 Å². The van der Waals surface area contributed by atoms with E-state index in [1.807, 2.05) is 6.07 Å². The first kappa shape index (κ1) is 15.0. The molecule has 1 atom stereocenters. The zero-order chi connectivity index (χ0) is 14.8. The summed E-state index contributed by atoms with van der Waals surface area (Å²) in [4.78, 5) is 0. The second kappa shape index (κ2) is 5.95. The van der Waals surface area contributed by atoms with Crippen LogP contribution in [0.15, 0.2) is 18.2 Å². The molecule has 0 saturated heterocycles. The van der Waals surface area contributed by atoms with Crippen LogP contribution in [0.2, 0.25) is 0 Å². The summed E-state index contributed by atoms with van der Waals surface area (Å²) >= 11 is 0. The minimum absolute atomic E-state index is 0.0515. The van der Waals surface area contributed by atoms with Crippen LogP contribution in [0.25, 0.3) is 0 Å². The Labute approximate surface area is 118 Å².